The van der Waals surface area contributed by atoms with Gasteiger partial charge in [0.15, 0.2) is 0 Å². The molecular formula is C8H7F3N2O. The van der Waals surface area contributed by atoms with Gasteiger partial charge in [-0.3, -0.25) is 9.78 Å². The van der Waals surface area contributed by atoms with E-state index in [0.29, 0.717) is 0 Å². The number of hydrogen-bond acceptors (Lipinski definition) is 2. The van der Waals surface area contributed by atoms with Crippen LogP contribution in [0.3, 0.4) is 0 Å². The number of alkyl halides is 2. The maximum Gasteiger partial charge on any atom is 0.281 e. The molecule has 0 radical (unpaired) electrons. The molecule has 0 aliphatic heterocycles. The largest absolute Gasteiger partial charge is 0.365 e. The average Bonchev–Trinajstić information content (AvgIpc) is 2.01. The van der Waals surface area contributed by atoms with E-state index in [1.165, 1.54) is 6.92 Å². The number of amides is 1. The zero-order chi connectivity index (χ0) is 10.9. The molecule has 0 saturated carbocycles. The number of hydrogen-bond donors (Lipinski definition) is 1. The first kappa shape index (κ1) is 10.5. The first-order valence-corrected chi connectivity index (χ1v) is 3.68. The van der Waals surface area contributed by atoms with Crippen molar-refractivity contribution in [2.45, 2.75) is 13.3 Å². The molecule has 0 atom stereocenters. The fourth-order valence-corrected chi connectivity index (χ4v) is 1.06. The first-order valence-electron chi connectivity index (χ1n) is 3.68. The lowest BCUT2D eigenvalue weighted by molar-refractivity contribution is 0.0977. The van der Waals surface area contributed by atoms with Gasteiger partial charge in [0.2, 0.25) is 0 Å². The van der Waals surface area contributed by atoms with Gasteiger partial charge in [-0.15, -0.1) is 0 Å². The molecule has 0 saturated heterocycles. The van der Waals surface area contributed by atoms with Crippen LogP contribution < -0.4 is 5.73 Å². The number of nitrogens with zero attached hydrogens (tertiary/aromatic N) is 1. The fraction of sp³-hybridized carbons (Fsp3) is 0.250. The lowest BCUT2D eigenvalue weighted by Crippen LogP contribution is -2.18. The Morgan fingerprint density at radius 3 is 2.57 bits per heavy atom. The zero-order valence-corrected chi connectivity index (χ0v) is 7.22. The van der Waals surface area contributed by atoms with Gasteiger partial charge >= 0.3 is 0 Å². The number of carbonyl (C=O) groups is 1. The Balaban J connectivity index is 3.44. The molecule has 0 spiro atoms. The number of aryl methyl sites for hydroxylation is 1. The maximum atomic E-state index is 13.0. The Bertz CT molecular complexity index is 379. The highest BCUT2D eigenvalue weighted by atomic mass is 19.3. The van der Waals surface area contributed by atoms with Gasteiger partial charge in [-0.05, 0) is 13.0 Å². The molecule has 3 nitrogen and oxygen atoms in total. The van der Waals surface area contributed by atoms with Crippen LogP contribution >= 0.6 is 0 Å². The number of nitrogens with two attached hydrogens (primary N) is 1. The molecule has 0 aliphatic rings. The molecule has 2 N–H and O–H groups in total. The summed E-state index contributed by atoms with van der Waals surface area (Å²) in [6.07, 6.45) is -3.02. The van der Waals surface area contributed by atoms with Crippen LogP contribution in [0.4, 0.5) is 13.2 Å². The number of carbonyl (C=O) groups excluding carboxylic acids is 1. The summed E-state index contributed by atoms with van der Waals surface area (Å²) in [6, 6.07) is 0.881. The normalized spacial score (nSPS) is 10.6. The van der Waals surface area contributed by atoms with Crippen molar-refractivity contribution in [3.05, 3.63) is 28.8 Å². The first-order chi connectivity index (χ1) is 6.43. The van der Waals surface area contributed by atoms with Crippen molar-refractivity contribution in [2.75, 3.05) is 0 Å². The standard InChI is InChI=1S/C8H7F3N2O/c1-3-2-4(9)5(8(12)14)6(13-3)7(10)11/h2,7H,1H3,(H2,12,14). The molecule has 14 heavy (non-hydrogen) atoms. The molecule has 0 fully saturated rings. The molecule has 0 bridgehead atoms. The Morgan fingerprint density at radius 1 is 1.57 bits per heavy atom. The molecule has 76 valence electrons. The second-order valence-electron chi connectivity index (χ2n) is 2.67. The maximum absolute atomic E-state index is 13.0. The molecule has 1 aromatic heterocycles. The van der Waals surface area contributed by atoms with E-state index >= 15 is 0 Å². The van der Waals surface area contributed by atoms with E-state index in [1.807, 2.05) is 0 Å². The molecule has 1 rings (SSSR count). The van der Waals surface area contributed by atoms with Crippen molar-refractivity contribution >= 4 is 5.91 Å². The average molecular weight is 204 g/mol. The molecule has 6 heteroatoms. The monoisotopic (exact) mass is 204 g/mol. The highest BCUT2D eigenvalue weighted by Crippen LogP contribution is 2.23. The second kappa shape index (κ2) is 3.65. The SMILES string of the molecule is Cc1cc(F)c(C(N)=O)c(C(F)F)n1. The lowest BCUT2D eigenvalue weighted by Gasteiger charge is -2.06. The van der Waals surface area contributed by atoms with E-state index in [-0.39, 0.29) is 5.69 Å². The molecule has 1 aromatic rings. The van der Waals surface area contributed by atoms with Crippen molar-refractivity contribution in [3.63, 3.8) is 0 Å². The summed E-state index contributed by atoms with van der Waals surface area (Å²) in [5.41, 5.74) is 3.07. The molecule has 1 amide bonds. The van der Waals surface area contributed by atoms with E-state index < -0.39 is 29.4 Å². The van der Waals surface area contributed by atoms with Crippen LogP contribution in [0.2, 0.25) is 0 Å². The van der Waals surface area contributed by atoms with Crippen LogP contribution in [0.1, 0.15) is 28.2 Å². The van der Waals surface area contributed by atoms with E-state index in [4.69, 9.17) is 5.73 Å². The Kier molecular flexibility index (Phi) is 2.73. The van der Waals surface area contributed by atoms with Crippen molar-refractivity contribution in [3.8, 4) is 0 Å². The Morgan fingerprint density at radius 2 is 2.14 bits per heavy atom. The minimum absolute atomic E-state index is 0.0720. The van der Waals surface area contributed by atoms with Crippen LogP contribution in [0, 0.1) is 12.7 Å². The fourth-order valence-electron chi connectivity index (χ4n) is 1.06. The second-order valence-corrected chi connectivity index (χ2v) is 2.67. The van der Waals surface area contributed by atoms with Crippen LogP contribution in [-0.4, -0.2) is 10.9 Å². The summed E-state index contributed by atoms with van der Waals surface area (Å²) in [5.74, 6) is -2.31. The summed E-state index contributed by atoms with van der Waals surface area (Å²) in [5, 5.41) is 0. The topological polar surface area (TPSA) is 56.0 Å². The highest BCUT2D eigenvalue weighted by molar-refractivity contribution is 5.94. The minimum Gasteiger partial charge on any atom is -0.365 e. The van der Waals surface area contributed by atoms with Gasteiger partial charge in [0.25, 0.3) is 12.3 Å². The van der Waals surface area contributed by atoms with Gasteiger partial charge in [-0.1, -0.05) is 0 Å². The summed E-state index contributed by atoms with van der Waals surface area (Å²) in [4.78, 5) is 14.0. The smallest absolute Gasteiger partial charge is 0.281 e. The van der Waals surface area contributed by atoms with E-state index in [2.05, 4.69) is 4.98 Å². The number of primary amides is 1. The van der Waals surface area contributed by atoms with Gasteiger partial charge in [0.05, 0.1) is 0 Å². The highest BCUT2D eigenvalue weighted by Gasteiger charge is 2.22. The van der Waals surface area contributed by atoms with E-state index in [9.17, 15) is 18.0 Å². The van der Waals surface area contributed by atoms with Gasteiger partial charge in [0, 0.05) is 5.69 Å². The van der Waals surface area contributed by atoms with Crippen molar-refractivity contribution in [1.29, 1.82) is 0 Å². The third kappa shape index (κ3) is 1.84. The van der Waals surface area contributed by atoms with Crippen molar-refractivity contribution < 1.29 is 18.0 Å². The predicted molar refractivity (Wildman–Crippen MR) is 42.4 cm³/mol. The number of pyridine rings is 1. The third-order valence-electron chi connectivity index (χ3n) is 1.58. The Hall–Kier alpha value is -1.59. The number of halogens is 3. The molecule has 0 aromatic carbocycles. The van der Waals surface area contributed by atoms with Gasteiger partial charge in [-0.25, -0.2) is 13.2 Å². The molecule has 0 aliphatic carbocycles. The summed E-state index contributed by atoms with van der Waals surface area (Å²) < 4.78 is 37.7. The van der Waals surface area contributed by atoms with Crippen molar-refractivity contribution in [2.24, 2.45) is 5.73 Å². The summed E-state index contributed by atoms with van der Waals surface area (Å²) in [6.45, 7) is 1.35. The summed E-state index contributed by atoms with van der Waals surface area (Å²) in [7, 11) is 0. The van der Waals surface area contributed by atoms with Crippen molar-refractivity contribution in [1.82, 2.24) is 4.98 Å². The van der Waals surface area contributed by atoms with Gasteiger partial charge in [-0.2, -0.15) is 0 Å². The minimum atomic E-state index is -3.02. The third-order valence-corrected chi connectivity index (χ3v) is 1.58. The van der Waals surface area contributed by atoms with Gasteiger partial charge in [0.1, 0.15) is 17.1 Å². The van der Waals surface area contributed by atoms with E-state index in [1.54, 1.807) is 0 Å². The number of aromatic nitrogens is 1. The zero-order valence-electron chi connectivity index (χ0n) is 7.22. The quantitative estimate of drug-likeness (QED) is 0.794. The van der Waals surface area contributed by atoms with Gasteiger partial charge < -0.3 is 5.73 Å². The molecule has 0 unspecified atom stereocenters. The predicted octanol–water partition coefficient (Wildman–Crippen LogP) is 1.57. The molecule has 1 heterocycles. The van der Waals surface area contributed by atoms with E-state index in [0.717, 1.165) is 6.07 Å². The Labute approximate surface area is 77.7 Å². The van der Waals surface area contributed by atoms with Crippen LogP contribution in [-0.2, 0) is 0 Å². The summed E-state index contributed by atoms with van der Waals surface area (Å²) >= 11 is 0. The van der Waals surface area contributed by atoms with Crippen LogP contribution in [0.15, 0.2) is 6.07 Å². The lowest BCUT2D eigenvalue weighted by atomic mass is 10.1. The number of rotatable bonds is 2. The molecular weight excluding hydrogens is 197 g/mol. The van der Waals surface area contributed by atoms with Crippen LogP contribution in [0.5, 0.6) is 0 Å². The van der Waals surface area contributed by atoms with Crippen LogP contribution in [0.25, 0.3) is 0 Å².